The molecule has 0 aromatic heterocycles. The molecule has 4 N–H and O–H groups in total. The van der Waals surface area contributed by atoms with Crippen molar-refractivity contribution >= 4 is 0 Å². The minimum Gasteiger partial charge on any atom is -0.394 e. The number of aliphatic hydroxyl groups is 2. The molecule has 0 aliphatic heterocycles. The van der Waals surface area contributed by atoms with Crippen LogP contribution in [-0.4, -0.2) is 34.7 Å². The first-order valence-electron chi connectivity index (χ1n) is 1.97. The van der Waals surface area contributed by atoms with Gasteiger partial charge in [-0.25, -0.2) is 5.48 Å². The Morgan fingerprint density at radius 2 is 2.14 bits per heavy atom. The smallest absolute Gasteiger partial charge is 0.0918 e. The van der Waals surface area contributed by atoms with E-state index in [1.54, 1.807) is 5.48 Å². The summed E-state index contributed by atoms with van der Waals surface area (Å²) in [6.45, 7) is -0.315. The standard InChI is InChI=1S/C3H9NO3/c5-2-3(6)1-4-7/h3-7H,1-2H2. The zero-order chi connectivity index (χ0) is 5.70. The number of hydroxylamine groups is 1. The average molecular weight is 107 g/mol. The van der Waals surface area contributed by atoms with Gasteiger partial charge in [-0.3, -0.25) is 0 Å². The lowest BCUT2D eigenvalue weighted by atomic mass is 10.4. The molecule has 7 heavy (non-hydrogen) atoms. The fourth-order valence-electron chi connectivity index (χ4n) is 0.170. The first-order valence-corrected chi connectivity index (χ1v) is 1.97. The highest BCUT2D eigenvalue weighted by Gasteiger charge is 1.96. The van der Waals surface area contributed by atoms with Gasteiger partial charge in [-0.2, -0.15) is 0 Å². The Morgan fingerprint density at radius 3 is 2.29 bits per heavy atom. The van der Waals surface area contributed by atoms with Crippen molar-refractivity contribution in [2.24, 2.45) is 0 Å². The quantitative estimate of drug-likeness (QED) is 0.325. The molecule has 0 saturated heterocycles. The van der Waals surface area contributed by atoms with E-state index >= 15 is 0 Å². The van der Waals surface area contributed by atoms with E-state index in [0.717, 1.165) is 0 Å². The van der Waals surface area contributed by atoms with Gasteiger partial charge in [0.25, 0.3) is 0 Å². The molecule has 0 amide bonds. The second-order valence-corrected chi connectivity index (χ2v) is 1.20. The van der Waals surface area contributed by atoms with Crippen molar-refractivity contribution in [2.75, 3.05) is 13.2 Å². The van der Waals surface area contributed by atoms with E-state index in [4.69, 9.17) is 15.4 Å². The van der Waals surface area contributed by atoms with Crippen LogP contribution in [0.2, 0.25) is 0 Å². The highest BCUT2D eigenvalue weighted by molar-refractivity contribution is 4.49. The van der Waals surface area contributed by atoms with Gasteiger partial charge in [0, 0.05) is 6.54 Å². The molecule has 0 aromatic rings. The van der Waals surface area contributed by atoms with E-state index in [9.17, 15) is 0 Å². The van der Waals surface area contributed by atoms with Gasteiger partial charge in [-0.15, -0.1) is 0 Å². The average Bonchev–Trinajstić information content (AvgIpc) is 1.68. The van der Waals surface area contributed by atoms with Crippen molar-refractivity contribution in [3.8, 4) is 0 Å². The van der Waals surface area contributed by atoms with Crippen LogP contribution in [0.1, 0.15) is 0 Å². The molecule has 0 aliphatic rings. The molecule has 0 rings (SSSR count). The maximum atomic E-state index is 8.39. The molecule has 4 heteroatoms. The minimum atomic E-state index is -0.856. The number of rotatable bonds is 3. The Balaban J connectivity index is 2.83. The lowest BCUT2D eigenvalue weighted by Crippen LogP contribution is -2.26. The Hall–Kier alpha value is -0.160. The van der Waals surface area contributed by atoms with Gasteiger partial charge >= 0.3 is 0 Å². The van der Waals surface area contributed by atoms with Crippen LogP contribution in [0, 0.1) is 0 Å². The number of aliphatic hydroxyl groups excluding tert-OH is 2. The number of nitrogens with one attached hydrogen (secondary N) is 1. The third-order valence-corrected chi connectivity index (χ3v) is 0.538. The molecule has 0 heterocycles. The normalized spacial score (nSPS) is 14.1. The van der Waals surface area contributed by atoms with E-state index in [-0.39, 0.29) is 13.2 Å². The molecule has 1 unspecified atom stereocenters. The summed E-state index contributed by atoms with van der Waals surface area (Å²) < 4.78 is 0. The molecule has 0 radical (unpaired) electrons. The minimum absolute atomic E-state index is 0.0104. The third-order valence-electron chi connectivity index (χ3n) is 0.538. The van der Waals surface area contributed by atoms with Gasteiger partial charge < -0.3 is 15.4 Å². The van der Waals surface area contributed by atoms with Crippen molar-refractivity contribution in [1.29, 1.82) is 0 Å². The monoisotopic (exact) mass is 107 g/mol. The highest BCUT2D eigenvalue weighted by atomic mass is 16.5. The Morgan fingerprint density at radius 1 is 1.57 bits per heavy atom. The van der Waals surface area contributed by atoms with Crippen LogP contribution in [0.3, 0.4) is 0 Å². The molecule has 4 nitrogen and oxygen atoms in total. The molecule has 0 aliphatic carbocycles. The number of hydrogen-bond acceptors (Lipinski definition) is 4. The second-order valence-electron chi connectivity index (χ2n) is 1.20. The van der Waals surface area contributed by atoms with Crippen LogP contribution in [0.25, 0.3) is 0 Å². The van der Waals surface area contributed by atoms with Gasteiger partial charge in [-0.1, -0.05) is 0 Å². The molecule has 1 atom stereocenters. The van der Waals surface area contributed by atoms with E-state index < -0.39 is 6.10 Å². The van der Waals surface area contributed by atoms with E-state index in [2.05, 4.69) is 0 Å². The Bertz CT molecular complexity index is 41.2. The van der Waals surface area contributed by atoms with Crippen LogP contribution < -0.4 is 5.48 Å². The largest absolute Gasteiger partial charge is 0.394 e. The fraction of sp³-hybridized carbons (Fsp3) is 1.00. The van der Waals surface area contributed by atoms with E-state index in [1.165, 1.54) is 0 Å². The molecule has 0 fully saturated rings. The Kier molecular flexibility index (Phi) is 3.92. The summed E-state index contributed by atoms with van der Waals surface area (Å²) in [7, 11) is 0. The molecule has 0 bridgehead atoms. The van der Waals surface area contributed by atoms with Crippen molar-refractivity contribution < 1.29 is 15.4 Å². The van der Waals surface area contributed by atoms with Gasteiger partial charge in [-0.05, 0) is 0 Å². The molecule has 0 saturated carbocycles. The van der Waals surface area contributed by atoms with E-state index in [0.29, 0.717) is 0 Å². The molecular weight excluding hydrogens is 98.0 g/mol. The zero-order valence-corrected chi connectivity index (χ0v) is 3.83. The van der Waals surface area contributed by atoms with E-state index in [1.807, 2.05) is 0 Å². The summed E-state index contributed by atoms with van der Waals surface area (Å²) in [5.74, 6) is 0. The zero-order valence-electron chi connectivity index (χ0n) is 3.83. The molecule has 0 spiro atoms. The van der Waals surface area contributed by atoms with Crippen LogP contribution in [-0.2, 0) is 0 Å². The van der Waals surface area contributed by atoms with Crippen molar-refractivity contribution in [1.82, 2.24) is 5.48 Å². The van der Waals surface area contributed by atoms with Crippen molar-refractivity contribution in [3.05, 3.63) is 0 Å². The predicted octanol–water partition coefficient (Wildman–Crippen LogP) is -1.68. The van der Waals surface area contributed by atoms with Gasteiger partial charge in [0.05, 0.1) is 12.7 Å². The topological polar surface area (TPSA) is 72.7 Å². The maximum Gasteiger partial charge on any atom is 0.0918 e. The van der Waals surface area contributed by atoms with Crippen LogP contribution >= 0.6 is 0 Å². The number of hydrogen-bond donors (Lipinski definition) is 4. The summed E-state index contributed by atoms with van der Waals surface area (Å²) in [5, 5.41) is 24.3. The Labute approximate surface area is 41.4 Å². The van der Waals surface area contributed by atoms with Crippen LogP contribution in [0.4, 0.5) is 0 Å². The summed E-state index contributed by atoms with van der Waals surface area (Å²) >= 11 is 0. The van der Waals surface area contributed by atoms with Crippen LogP contribution in [0.15, 0.2) is 0 Å². The second kappa shape index (κ2) is 4.01. The van der Waals surface area contributed by atoms with Crippen molar-refractivity contribution in [2.45, 2.75) is 6.10 Å². The van der Waals surface area contributed by atoms with Gasteiger partial charge in [0.2, 0.25) is 0 Å². The lowest BCUT2D eigenvalue weighted by molar-refractivity contribution is 0.0527. The van der Waals surface area contributed by atoms with Gasteiger partial charge in [0.15, 0.2) is 0 Å². The summed E-state index contributed by atoms with van der Waals surface area (Å²) in [4.78, 5) is 0. The lowest BCUT2D eigenvalue weighted by Gasteiger charge is -2.01. The summed E-state index contributed by atoms with van der Waals surface area (Å²) in [6.07, 6.45) is -0.856. The first kappa shape index (κ1) is 6.84. The fourth-order valence-corrected chi connectivity index (χ4v) is 0.170. The summed E-state index contributed by atoms with van der Waals surface area (Å²) in [5.41, 5.74) is 1.71. The third kappa shape index (κ3) is 3.68. The molecular formula is C3H9NO3. The SMILES string of the molecule is OCC(O)CNO. The first-order chi connectivity index (χ1) is 3.31. The molecule has 0 aromatic carbocycles. The van der Waals surface area contributed by atoms with Crippen LogP contribution in [0.5, 0.6) is 0 Å². The molecule has 44 valence electrons. The summed E-state index contributed by atoms with van der Waals surface area (Å²) in [6, 6.07) is 0. The maximum absolute atomic E-state index is 8.39. The van der Waals surface area contributed by atoms with Crippen molar-refractivity contribution in [3.63, 3.8) is 0 Å². The van der Waals surface area contributed by atoms with Gasteiger partial charge in [0.1, 0.15) is 0 Å². The predicted molar refractivity (Wildman–Crippen MR) is 22.9 cm³/mol. The highest BCUT2D eigenvalue weighted by Crippen LogP contribution is 1.72.